The van der Waals surface area contributed by atoms with Crippen LogP contribution in [0.25, 0.3) is 33.5 Å². The first-order valence-corrected chi connectivity index (χ1v) is 6.30. The number of benzene rings is 2. The summed E-state index contributed by atoms with van der Waals surface area (Å²) in [6.07, 6.45) is 0. The van der Waals surface area contributed by atoms with Gasteiger partial charge in [-0.15, -0.1) is 0 Å². The highest BCUT2D eigenvalue weighted by molar-refractivity contribution is 5.82. The van der Waals surface area contributed by atoms with Gasteiger partial charge in [-0.1, -0.05) is 12.1 Å². The summed E-state index contributed by atoms with van der Waals surface area (Å²) in [6.45, 7) is 0. The molecule has 0 aliphatic carbocycles. The quantitative estimate of drug-likeness (QED) is 0.499. The third-order valence-corrected chi connectivity index (χ3v) is 3.22. The summed E-state index contributed by atoms with van der Waals surface area (Å²) in [5, 5.41) is 0.605. The molecular formula is C16H8FNO3. The summed E-state index contributed by atoms with van der Waals surface area (Å²) in [5.41, 5.74) is 1.04. The molecule has 102 valence electrons. The van der Waals surface area contributed by atoms with Crippen LogP contribution in [0.4, 0.5) is 4.39 Å². The van der Waals surface area contributed by atoms with Crippen molar-refractivity contribution < 1.29 is 13.2 Å². The molecule has 4 rings (SSSR count). The summed E-state index contributed by atoms with van der Waals surface area (Å²) in [4.78, 5) is 16.3. The maximum absolute atomic E-state index is 13.1. The summed E-state index contributed by atoms with van der Waals surface area (Å²) >= 11 is 0. The van der Waals surface area contributed by atoms with E-state index in [2.05, 4.69) is 4.98 Å². The highest BCUT2D eigenvalue weighted by Gasteiger charge is 2.14. The Kier molecular flexibility index (Phi) is 2.41. The zero-order valence-corrected chi connectivity index (χ0v) is 10.7. The molecule has 0 aliphatic rings. The van der Waals surface area contributed by atoms with E-state index in [1.165, 1.54) is 12.1 Å². The summed E-state index contributed by atoms with van der Waals surface area (Å²) in [6, 6.07) is 12.8. The third kappa shape index (κ3) is 1.90. The smallest absolute Gasteiger partial charge is 0.349 e. The average Bonchev–Trinajstić information content (AvgIpc) is 2.90. The molecule has 2 aromatic carbocycles. The van der Waals surface area contributed by atoms with Gasteiger partial charge in [-0.3, -0.25) is 0 Å². The molecule has 0 N–H and O–H groups in total. The molecule has 0 amide bonds. The molecule has 0 bridgehead atoms. The highest BCUT2D eigenvalue weighted by Crippen LogP contribution is 2.24. The Morgan fingerprint density at radius 3 is 2.67 bits per heavy atom. The normalized spacial score (nSPS) is 11.3. The maximum Gasteiger partial charge on any atom is 0.349 e. The van der Waals surface area contributed by atoms with Gasteiger partial charge in [0.1, 0.15) is 22.5 Å². The van der Waals surface area contributed by atoms with E-state index >= 15 is 0 Å². The van der Waals surface area contributed by atoms with Crippen molar-refractivity contribution in [3.8, 4) is 11.5 Å². The fraction of sp³-hybridized carbons (Fsp3) is 0. The lowest BCUT2D eigenvalue weighted by molar-refractivity contribution is 0.548. The highest BCUT2D eigenvalue weighted by atomic mass is 19.1. The van der Waals surface area contributed by atoms with Crippen LogP contribution >= 0.6 is 0 Å². The van der Waals surface area contributed by atoms with E-state index in [1.807, 2.05) is 12.1 Å². The Balaban J connectivity index is 1.99. The first-order chi connectivity index (χ1) is 10.2. The minimum Gasteiger partial charge on any atom is -0.436 e. The number of rotatable bonds is 1. The van der Waals surface area contributed by atoms with Gasteiger partial charge < -0.3 is 8.83 Å². The lowest BCUT2D eigenvalue weighted by Crippen LogP contribution is -2.02. The van der Waals surface area contributed by atoms with Gasteiger partial charge in [-0.25, -0.2) is 14.2 Å². The van der Waals surface area contributed by atoms with Crippen molar-refractivity contribution in [1.82, 2.24) is 4.98 Å². The second-order valence-electron chi connectivity index (χ2n) is 4.62. The molecule has 4 aromatic rings. The lowest BCUT2D eigenvalue weighted by atomic mass is 10.2. The number of hydrogen-bond acceptors (Lipinski definition) is 4. The zero-order chi connectivity index (χ0) is 14.4. The van der Waals surface area contributed by atoms with Gasteiger partial charge in [0.25, 0.3) is 0 Å². The third-order valence-electron chi connectivity index (χ3n) is 3.22. The van der Waals surface area contributed by atoms with Crippen LogP contribution in [-0.2, 0) is 0 Å². The molecule has 0 radical (unpaired) electrons. The van der Waals surface area contributed by atoms with Crippen LogP contribution in [0.1, 0.15) is 0 Å². The molecule has 5 heteroatoms. The van der Waals surface area contributed by atoms with E-state index in [9.17, 15) is 9.18 Å². The number of oxazole rings is 1. The number of fused-ring (bicyclic) bond motifs is 2. The number of halogens is 1. The number of nitrogens with zero attached hydrogens (tertiary/aromatic N) is 1. The Morgan fingerprint density at radius 2 is 1.81 bits per heavy atom. The predicted octanol–water partition coefficient (Wildman–Crippen LogP) is 3.74. The second kappa shape index (κ2) is 4.28. The fourth-order valence-corrected chi connectivity index (χ4v) is 2.22. The minimum absolute atomic E-state index is 0.191. The van der Waals surface area contributed by atoms with Crippen molar-refractivity contribution in [3.63, 3.8) is 0 Å². The van der Waals surface area contributed by atoms with E-state index in [-0.39, 0.29) is 17.0 Å². The Bertz CT molecular complexity index is 999. The molecule has 0 spiro atoms. The van der Waals surface area contributed by atoms with Gasteiger partial charge in [0, 0.05) is 11.5 Å². The van der Waals surface area contributed by atoms with Gasteiger partial charge in [0.15, 0.2) is 5.58 Å². The van der Waals surface area contributed by atoms with Crippen LogP contribution in [0.5, 0.6) is 0 Å². The van der Waals surface area contributed by atoms with Crippen LogP contribution in [-0.4, -0.2) is 4.98 Å². The SMILES string of the molecule is O=c1oc2cc(F)ccc2cc1-c1nc2ccccc2o1. The topological polar surface area (TPSA) is 56.2 Å². The number of aromatic nitrogens is 1. The first-order valence-electron chi connectivity index (χ1n) is 6.30. The summed E-state index contributed by atoms with van der Waals surface area (Å²) in [7, 11) is 0. The van der Waals surface area contributed by atoms with E-state index < -0.39 is 11.4 Å². The second-order valence-corrected chi connectivity index (χ2v) is 4.62. The largest absolute Gasteiger partial charge is 0.436 e. The Hall–Kier alpha value is -2.95. The molecule has 21 heavy (non-hydrogen) atoms. The summed E-state index contributed by atoms with van der Waals surface area (Å²) < 4.78 is 23.8. The van der Waals surface area contributed by atoms with Crippen LogP contribution in [0.15, 0.2) is 62.2 Å². The fourth-order valence-electron chi connectivity index (χ4n) is 2.22. The zero-order valence-electron chi connectivity index (χ0n) is 10.7. The molecule has 0 saturated carbocycles. The van der Waals surface area contributed by atoms with Crippen molar-refractivity contribution in [2.45, 2.75) is 0 Å². The Morgan fingerprint density at radius 1 is 0.952 bits per heavy atom. The maximum atomic E-state index is 13.1. The monoisotopic (exact) mass is 281 g/mol. The van der Waals surface area contributed by atoms with Gasteiger partial charge >= 0.3 is 5.63 Å². The molecule has 0 aliphatic heterocycles. The lowest BCUT2D eigenvalue weighted by Gasteiger charge is -1.98. The molecule has 0 fully saturated rings. The summed E-state index contributed by atoms with van der Waals surface area (Å²) in [5.74, 6) is -0.267. The molecule has 4 nitrogen and oxygen atoms in total. The number of para-hydroxylation sites is 2. The average molecular weight is 281 g/mol. The van der Waals surface area contributed by atoms with Gasteiger partial charge in [0.05, 0.1) is 0 Å². The minimum atomic E-state index is -0.611. The van der Waals surface area contributed by atoms with Gasteiger partial charge in [0.2, 0.25) is 5.89 Å². The standard InChI is InChI=1S/C16H8FNO3/c17-10-6-5-9-7-11(16(19)21-14(9)8-10)15-18-12-3-1-2-4-13(12)20-15/h1-8H. The Labute approximate surface area is 117 Å². The molecular weight excluding hydrogens is 273 g/mol. The molecule has 2 aromatic heterocycles. The van der Waals surface area contributed by atoms with Crippen molar-refractivity contribution in [2.75, 3.05) is 0 Å². The first kappa shape index (κ1) is 11.8. The predicted molar refractivity (Wildman–Crippen MR) is 75.4 cm³/mol. The molecule has 0 unspecified atom stereocenters. The van der Waals surface area contributed by atoms with E-state index in [0.717, 1.165) is 0 Å². The van der Waals surface area contributed by atoms with Crippen LogP contribution in [0.2, 0.25) is 0 Å². The van der Waals surface area contributed by atoms with Crippen molar-refractivity contribution in [2.24, 2.45) is 0 Å². The van der Waals surface area contributed by atoms with Crippen molar-refractivity contribution >= 4 is 22.1 Å². The molecule has 0 atom stereocenters. The van der Waals surface area contributed by atoms with Crippen LogP contribution < -0.4 is 5.63 Å². The van der Waals surface area contributed by atoms with Crippen molar-refractivity contribution in [1.29, 1.82) is 0 Å². The van der Waals surface area contributed by atoms with E-state index in [1.54, 1.807) is 24.3 Å². The molecule has 2 heterocycles. The van der Waals surface area contributed by atoms with Crippen molar-refractivity contribution in [3.05, 3.63) is 64.8 Å². The van der Waals surface area contributed by atoms with E-state index in [4.69, 9.17) is 8.83 Å². The van der Waals surface area contributed by atoms with Gasteiger partial charge in [-0.2, -0.15) is 0 Å². The van der Waals surface area contributed by atoms with Crippen LogP contribution in [0.3, 0.4) is 0 Å². The molecule has 0 saturated heterocycles. The van der Waals surface area contributed by atoms with Gasteiger partial charge in [-0.05, 0) is 30.3 Å². The van der Waals surface area contributed by atoms with E-state index in [0.29, 0.717) is 16.5 Å². The number of hydrogen-bond donors (Lipinski definition) is 0. The van der Waals surface area contributed by atoms with Crippen LogP contribution in [0, 0.1) is 5.82 Å².